The highest BCUT2D eigenvalue weighted by molar-refractivity contribution is 4.00. The summed E-state index contributed by atoms with van der Waals surface area (Å²) in [5.74, 6) is 0. The highest BCUT2D eigenvalue weighted by Gasteiger charge is 1.65. The summed E-state index contributed by atoms with van der Waals surface area (Å²) in [4.78, 5) is 16.7. The average molecular weight is 171 g/mol. The van der Waals surface area contributed by atoms with Gasteiger partial charge in [-0.2, -0.15) is 0 Å². The summed E-state index contributed by atoms with van der Waals surface area (Å²) < 4.78 is 0. The lowest BCUT2D eigenvalue weighted by molar-refractivity contribution is -0.742. The summed E-state index contributed by atoms with van der Waals surface area (Å²) in [6.07, 6.45) is 0. The molecule has 0 radical (unpaired) electrons. The van der Waals surface area contributed by atoms with E-state index in [9.17, 15) is 0 Å². The van der Waals surface area contributed by atoms with Gasteiger partial charge in [0.1, 0.15) is 0 Å². The Morgan fingerprint density at radius 2 is 1.27 bits per heavy atom. The fourth-order valence-corrected chi connectivity index (χ4v) is 0. The molecule has 0 unspecified atom stereocenters. The van der Waals surface area contributed by atoms with Gasteiger partial charge in [-0.3, -0.25) is 0 Å². The summed E-state index contributed by atoms with van der Waals surface area (Å²) in [5, 5.41) is 27.3. The molecule has 0 saturated carbocycles. The van der Waals surface area contributed by atoms with Crippen molar-refractivity contribution in [3.05, 3.63) is 20.2 Å². The smallest absolute Gasteiger partial charge is 0.291 e. The first-order valence-electron chi connectivity index (χ1n) is 2.25. The first-order chi connectivity index (χ1) is 4.88. The second kappa shape index (κ2) is 15.8. The van der Waals surface area contributed by atoms with Gasteiger partial charge in [0.2, 0.25) is 0 Å². The Kier molecular flexibility index (Phi) is 23.2. The number of hydrogen-bond acceptors (Lipinski definition) is 5. The van der Waals surface area contributed by atoms with Crippen LogP contribution in [-0.2, 0) is 0 Å². The van der Waals surface area contributed by atoms with Crippen LogP contribution in [0.1, 0.15) is 6.92 Å². The summed E-state index contributed by atoms with van der Waals surface area (Å²) >= 11 is 0. The predicted octanol–water partition coefficient (Wildman–Crippen LogP) is -0.730. The van der Waals surface area contributed by atoms with Crippen LogP contribution in [0.15, 0.2) is 0 Å². The van der Waals surface area contributed by atoms with Gasteiger partial charge in [0.25, 0.3) is 10.2 Å². The van der Waals surface area contributed by atoms with Crippen LogP contribution in [0.3, 0.4) is 0 Å². The molecular weight excluding hydrogens is 162 g/mol. The Hall–Kier alpha value is -1.64. The second-order valence-corrected chi connectivity index (χ2v) is 0.884. The van der Waals surface area contributed by atoms with Crippen LogP contribution >= 0.6 is 0 Å². The standard InChI is InChI=1S/C2H7N.2HNO3/c1-2-3;2*2-1(3)4/h2-3H2,1H3;2*(H,2,3,4). The highest BCUT2D eigenvalue weighted by Crippen LogP contribution is 1.38. The monoisotopic (exact) mass is 171 g/mol. The summed E-state index contributed by atoms with van der Waals surface area (Å²) in [5.41, 5.74) is 4.85. The van der Waals surface area contributed by atoms with Crippen molar-refractivity contribution in [2.45, 2.75) is 6.92 Å². The van der Waals surface area contributed by atoms with Gasteiger partial charge in [-0.15, -0.1) is 20.2 Å². The number of rotatable bonds is 0. The van der Waals surface area contributed by atoms with Crippen LogP contribution in [0, 0.1) is 20.2 Å². The summed E-state index contributed by atoms with van der Waals surface area (Å²) in [7, 11) is 0. The molecule has 9 nitrogen and oxygen atoms in total. The molecule has 0 aliphatic carbocycles. The molecular formula is C2H9N3O6. The van der Waals surface area contributed by atoms with E-state index < -0.39 is 10.2 Å². The molecule has 0 aromatic rings. The molecule has 0 heterocycles. The lowest BCUT2D eigenvalue weighted by Gasteiger charge is -1.56. The molecule has 0 aromatic carbocycles. The van der Waals surface area contributed by atoms with Gasteiger partial charge >= 0.3 is 0 Å². The van der Waals surface area contributed by atoms with E-state index in [0.717, 1.165) is 6.54 Å². The minimum atomic E-state index is -1.50. The molecule has 0 rings (SSSR count). The molecule has 0 aromatic heterocycles. The minimum absolute atomic E-state index is 0.750. The topological polar surface area (TPSA) is 153 Å². The molecule has 0 fully saturated rings. The second-order valence-electron chi connectivity index (χ2n) is 0.884. The molecule has 0 aliphatic rings. The molecule has 0 spiro atoms. The maximum absolute atomic E-state index is 8.36. The Morgan fingerprint density at radius 1 is 1.27 bits per heavy atom. The first-order valence-corrected chi connectivity index (χ1v) is 2.25. The van der Waals surface area contributed by atoms with Crippen molar-refractivity contribution in [1.82, 2.24) is 0 Å². The highest BCUT2D eigenvalue weighted by atomic mass is 16.9. The molecule has 0 atom stereocenters. The average Bonchev–Trinajstić information content (AvgIpc) is 1.60. The van der Waals surface area contributed by atoms with Crippen molar-refractivity contribution < 1.29 is 20.6 Å². The van der Waals surface area contributed by atoms with Crippen molar-refractivity contribution in [2.24, 2.45) is 5.73 Å². The van der Waals surface area contributed by atoms with E-state index in [1.54, 1.807) is 0 Å². The van der Waals surface area contributed by atoms with E-state index in [1.165, 1.54) is 0 Å². The van der Waals surface area contributed by atoms with Gasteiger partial charge in [0.05, 0.1) is 0 Å². The predicted molar refractivity (Wildman–Crippen MR) is 32.3 cm³/mol. The Balaban J connectivity index is -0.0000000886. The Bertz CT molecular complexity index is 84.0. The van der Waals surface area contributed by atoms with Gasteiger partial charge in [0, 0.05) is 0 Å². The van der Waals surface area contributed by atoms with Crippen molar-refractivity contribution in [3.8, 4) is 0 Å². The molecule has 0 saturated heterocycles. The van der Waals surface area contributed by atoms with Crippen LogP contribution in [0.25, 0.3) is 0 Å². The van der Waals surface area contributed by atoms with E-state index in [0.29, 0.717) is 0 Å². The van der Waals surface area contributed by atoms with E-state index >= 15 is 0 Å². The van der Waals surface area contributed by atoms with Crippen molar-refractivity contribution in [2.75, 3.05) is 6.54 Å². The number of hydrogen-bond donors (Lipinski definition) is 3. The Morgan fingerprint density at radius 3 is 1.27 bits per heavy atom. The lowest BCUT2D eigenvalue weighted by atomic mass is 10.8. The minimum Gasteiger partial charge on any atom is -0.331 e. The van der Waals surface area contributed by atoms with E-state index in [1.807, 2.05) is 6.92 Å². The number of nitrogens with zero attached hydrogens (tertiary/aromatic N) is 2. The quantitative estimate of drug-likeness (QED) is 0.320. The van der Waals surface area contributed by atoms with Gasteiger partial charge in [-0.25, -0.2) is 0 Å². The van der Waals surface area contributed by atoms with Crippen LogP contribution < -0.4 is 5.73 Å². The third kappa shape index (κ3) is 126. The SMILES string of the molecule is CCN.O=[N+]([O-])O.O=[N+]([O-])O. The molecule has 4 N–H and O–H groups in total. The molecule has 9 heteroatoms. The zero-order valence-electron chi connectivity index (χ0n) is 5.71. The largest absolute Gasteiger partial charge is 0.331 e. The zero-order valence-corrected chi connectivity index (χ0v) is 5.71. The van der Waals surface area contributed by atoms with Crippen LogP contribution in [0.5, 0.6) is 0 Å². The number of nitrogens with two attached hydrogens (primary N) is 1. The molecule has 0 bridgehead atoms. The zero-order chi connectivity index (χ0) is 9.86. The van der Waals surface area contributed by atoms with E-state index in [4.69, 9.17) is 36.4 Å². The lowest BCUT2D eigenvalue weighted by Crippen LogP contribution is -1.87. The van der Waals surface area contributed by atoms with Gasteiger partial charge in [0.15, 0.2) is 0 Å². The van der Waals surface area contributed by atoms with Crippen molar-refractivity contribution in [3.63, 3.8) is 0 Å². The molecule has 68 valence electrons. The normalized spacial score (nSPS) is 6.00. The maximum Gasteiger partial charge on any atom is 0.291 e. The van der Waals surface area contributed by atoms with Crippen LogP contribution in [-0.4, -0.2) is 27.1 Å². The first kappa shape index (κ1) is 16.2. The van der Waals surface area contributed by atoms with Crippen molar-refractivity contribution >= 4 is 0 Å². The maximum atomic E-state index is 8.36. The molecule has 11 heavy (non-hydrogen) atoms. The van der Waals surface area contributed by atoms with Gasteiger partial charge < -0.3 is 16.1 Å². The van der Waals surface area contributed by atoms with E-state index in [-0.39, 0.29) is 0 Å². The molecule has 0 aliphatic heterocycles. The molecule has 0 amide bonds. The van der Waals surface area contributed by atoms with Gasteiger partial charge in [-0.1, -0.05) is 6.92 Å². The Labute approximate surface area is 61.3 Å². The van der Waals surface area contributed by atoms with Crippen LogP contribution in [0.4, 0.5) is 0 Å². The third-order valence-electron chi connectivity index (χ3n) is 0. The fourth-order valence-electron chi connectivity index (χ4n) is 0. The van der Waals surface area contributed by atoms with Crippen molar-refractivity contribution in [1.29, 1.82) is 0 Å². The summed E-state index contributed by atoms with van der Waals surface area (Å²) in [6.45, 7) is 2.65. The van der Waals surface area contributed by atoms with Gasteiger partial charge in [-0.05, 0) is 6.54 Å². The third-order valence-corrected chi connectivity index (χ3v) is 0. The fraction of sp³-hybridized carbons (Fsp3) is 1.00. The van der Waals surface area contributed by atoms with Crippen LogP contribution in [0.2, 0.25) is 0 Å². The van der Waals surface area contributed by atoms with E-state index in [2.05, 4.69) is 0 Å². The summed E-state index contributed by atoms with van der Waals surface area (Å²) in [6, 6.07) is 0.